The lowest BCUT2D eigenvalue weighted by molar-refractivity contribution is 0.298. The minimum Gasteiger partial charge on any atom is -0.324 e. The topological polar surface area (TPSA) is 29.3 Å². The van der Waals surface area contributed by atoms with Crippen LogP contribution in [0, 0.1) is 5.92 Å². The van der Waals surface area contributed by atoms with Gasteiger partial charge < -0.3 is 10.6 Å². The largest absolute Gasteiger partial charge is 0.324 e. The zero-order valence-electron chi connectivity index (χ0n) is 11.7. The smallest absolute Gasteiger partial charge is 0.0307 e. The van der Waals surface area contributed by atoms with Gasteiger partial charge in [-0.2, -0.15) is 0 Å². The molecule has 0 aliphatic carbocycles. The van der Waals surface area contributed by atoms with Crippen molar-refractivity contribution >= 4 is 15.9 Å². The van der Waals surface area contributed by atoms with Crippen molar-refractivity contribution in [1.82, 2.24) is 4.90 Å². The number of rotatable bonds is 7. The lowest BCUT2D eigenvalue weighted by atomic mass is 10.0. The normalized spacial score (nSPS) is 13.3. The molecule has 0 spiro atoms. The second-order valence-electron chi connectivity index (χ2n) is 5.44. The molecule has 0 radical (unpaired) electrons. The fourth-order valence-corrected chi connectivity index (χ4v) is 2.27. The van der Waals surface area contributed by atoms with Crippen molar-refractivity contribution in [2.45, 2.75) is 32.7 Å². The average Bonchev–Trinajstić information content (AvgIpc) is 2.33. The van der Waals surface area contributed by atoms with Crippen LogP contribution in [0.15, 0.2) is 28.7 Å². The van der Waals surface area contributed by atoms with Crippen molar-refractivity contribution in [2.75, 3.05) is 20.1 Å². The van der Waals surface area contributed by atoms with Crippen LogP contribution in [0.4, 0.5) is 0 Å². The molecule has 18 heavy (non-hydrogen) atoms. The van der Waals surface area contributed by atoms with Crippen molar-refractivity contribution in [3.63, 3.8) is 0 Å². The number of hydrogen-bond acceptors (Lipinski definition) is 2. The maximum Gasteiger partial charge on any atom is 0.0307 e. The molecular formula is C15H25BrN2. The van der Waals surface area contributed by atoms with E-state index in [4.69, 9.17) is 5.73 Å². The summed E-state index contributed by atoms with van der Waals surface area (Å²) in [5.41, 5.74) is 7.43. The number of hydrogen-bond donors (Lipinski definition) is 1. The van der Waals surface area contributed by atoms with Gasteiger partial charge in [-0.1, -0.05) is 41.9 Å². The van der Waals surface area contributed by atoms with E-state index in [1.807, 2.05) is 12.1 Å². The van der Waals surface area contributed by atoms with Gasteiger partial charge in [0.05, 0.1) is 0 Å². The summed E-state index contributed by atoms with van der Waals surface area (Å²) in [6, 6.07) is 8.42. The minimum absolute atomic E-state index is 0.129. The summed E-state index contributed by atoms with van der Waals surface area (Å²) < 4.78 is 1.10. The first-order valence-electron chi connectivity index (χ1n) is 6.68. The Morgan fingerprint density at radius 2 is 1.89 bits per heavy atom. The summed E-state index contributed by atoms with van der Waals surface area (Å²) in [5, 5.41) is 0. The Morgan fingerprint density at radius 3 is 2.50 bits per heavy atom. The van der Waals surface area contributed by atoms with Crippen molar-refractivity contribution in [3.8, 4) is 0 Å². The Kier molecular flexibility index (Phi) is 6.90. The molecular weight excluding hydrogens is 288 g/mol. The molecule has 0 saturated heterocycles. The predicted molar refractivity (Wildman–Crippen MR) is 82.6 cm³/mol. The van der Waals surface area contributed by atoms with Gasteiger partial charge in [0.15, 0.2) is 0 Å². The predicted octanol–water partition coefficient (Wildman–Crippen LogP) is 3.82. The third-order valence-electron chi connectivity index (χ3n) is 3.19. The maximum absolute atomic E-state index is 6.22. The van der Waals surface area contributed by atoms with E-state index in [-0.39, 0.29) is 6.04 Å². The van der Waals surface area contributed by atoms with E-state index < -0.39 is 0 Å². The van der Waals surface area contributed by atoms with Gasteiger partial charge in [-0.3, -0.25) is 0 Å². The van der Waals surface area contributed by atoms with Crippen LogP contribution in [0.1, 0.15) is 38.3 Å². The molecule has 0 aliphatic rings. The minimum atomic E-state index is 0.129. The van der Waals surface area contributed by atoms with Crippen LogP contribution >= 0.6 is 15.9 Å². The van der Waals surface area contributed by atoms with Gasteiger partial charge >= 0.3 is 0 Å². The second-order valence-corrected chi connectivity index (χ2v) is 6.35. The van der Waals surface area contributed by atoms with Gasteiger partial charge in [-0.25, -0.2) is 0 Å². The first-order chi connectivity index (χ1) is 8.49. The van der Waals surface area contributed by atoms with E-state index in [9.17, 15) is 0 Å². The number of benzene rings is 1. The van der Waals surface area contributed by atoms with E-state index in [0.29, 0.717) is 0 Å². The lowest BCUT2D eigenvalue weighted by Gasteiger charge is -2.20. The van der Waals surface area contributed by atoms with Gasteiger partial charge in [0.1, 0.15) is 0 Å². The molecule has 102 valence electrons. The van der Waals surface area contributed by atoms with Crippen molar-refractivity contribution in [1.29, 1.82) is 0 Å². The summed E-state index contributed by atoms with van der Waals surface area (Å²) in [7, 11) is 2.18. The van der Waals surface area contributed by atoms with Gasteiger partial charge in [-0.15, -0.1) is 0 Å². The Hall–Kier alpha value is -0.380. The molecule has 0 fully saturated rings. The quantitative estimate of drug-likeness (QED) is 0.829. The van der Waals surface area contributed by atoms with Gasteiger partial charge in [-0.05, 0) is 56.6 Å². The average molecular weight is 313 g/mol. The summed E-state index contributed by atoms with van der Waals surface area (Å²) in [4.78, 5) is 2.37. The Morgan fingerprint density at radius 1 is 1.22 bits per heavy atom. The molecule has 2 N–H and O–H groups in total. The fourth-order valence-electron chi connectivity index (χ4n) is 1.85. The van der Waals surface area contributed by atoms with Crippen LogP contribution in [-0.4, -0.2) is 25.0 Å². The van der Waals surface area contributed by atoms with Crippen LogP contribution in [0.3, 0.4) is 0 Å². The zero-order valence-corrected chi connectivity index (χ0v) is 13.3. The van der Waals surface area contributed by atoms with Crippen molar-refractivity contribution in [3.05, 3.63) is 34.3 Å². The third-order valence-corrected chi connectivity index (χ3v) is 3.68. The molecule has 0 heterocycles. The fraction of sp³-hybridized carbons (Fsp3) is 0.600. The molecule has 1 atom stereocenters. The van der Waals surface area contributed by atoms with Gasteiger partial charge in [0.25, 0.3) is 0 Å². The molecule has 1 rings (SSSR count). The number of nitrogens with zero attached hydrogens (tertiary/aromatic N) is 1. The Balaban J connectivity index is 2.34. The highest BCUT2D eigenvalue weighted by molar-refractivity contribution is 9.10. The summed E-state index contributed by atoms with van der Waals surface area (Å²) in [5.74, 6) is 0.770. The van der Waals surface area contributed by atoms with Crippen LogP contribution in [-0.2, 0) is 0 Å². The highest BCUT2D eigenvalue weighted by Crippen LogP contribution is 2.19. The summed E-state index contributed by atoms with van der Waals surface area (Å²) >= 11 is 3.49. The molecule has 1 aromatic rings. The van der Waals surface area contributed by atoms with Crippen molar-refractivity contribution in [2.24, 2.45) is 11.7 Å². The lowest BCUT2D eigenvalue weighted by Crippen LogP contribution is -2.25. The Bertz CT molecular complexity index is 352. The van der Waals surface area contributed by atoms with Crippen LogP contribution in [0.25, 0.3) is 0 Å². The maximum atomic E-state index is 6.22. The molecule has 0 aliphatic heterocycles. The van der Waals surface area contributed by atoms with Crippen molar-refractivity contribution < 1.29 is 0 Å². The van der Waals surface area contributed by atoms with Crippen LogP contribution in [0.2, 0.25) is 0 Å². The first kappa shape index (κ1) is 15.7. The molecule has 0 aromatic heterocycles. The molecule has 0 saturated carbocycles. The molecule has 1 unspecified atom stereocenters. The third kappa shape index (κ3) is 5.98. The molecule has 1 aromatic carbocycles. The van der Waals surface area contributed by atoms with Gasteiger partial charge in [0, 0.05) is 10.5 Å². The monoisotopic (exact) mass is 312 g/mol. The zero-order chi connectivity index (χ0) is 13.5. The standard InChI is InChI=1S/C15H25BrN2/c1-12(2)7-9-18(3)10-8-15(17)13-5-4-6-14(16)11-13/h4-6,11-12,15H,7-10,17H2,1-3H3. The van der Waals surface area contributed by atoms with E-state index in [1.165, 1.54) is 12.0 Å². The van der Waals surface area contributed by atoms with E-state index in [2.05, 4.69) is 53.9 Å². The first-order valence-corrected chi connectivity index (χ1v) is 7.48. The van der Waals surface area contributed by atoms with E-state index in [0.717, 1.165) is 29.9 Å². The Labute approximate surface area is 120 Å². The molecule has 0 bridgehead atoms. The number of nitrogens with two attached hydrogens (primary N) is 1. The van der Waals surface area contributed by atoms with Gasteiger partial charge in [0.2, 0.25) is 0 Å². The SMILES string of the molecule is CC(C)CCN(C)CCC(N)c1cccc(Br)c1. The molecule has 2 nitrogen and oxygen atoms in total. The highest BCUT2D eigenvalue weighted by Gasteiger charge is 2.08. The number of halogens is 1. The van der Waals surface area contributed by atoms with Crippen LogP contribution in [0.5, 0.6) is 0 Å². The summed E-state index contributed by atoms with van der Waals surface area (Å²) in [6.07, 6.45) is 2.26. The molecule has 3 heteroatoms. The summed E-state index contributed by atoms with van der Waals surface area (Å²) in [6.45, 7) is 6.74. The van der Waals surface area contributed by atoms with E-state index in [1.54, 1.807) is 0 Å². The van der Waals surface area contributed by atoms with Crippen LogP contribution < -0.4 is 5.73 Å². The molecule has 0 amide bonds. The second kappa shape index (κ2) is 7.93. The van der Waals surface area contributed by atoms with E-state index >= 15 is 0 Å². The highest BCUT2D eigenvalue weighted by atomic mass is 79.9.